The van der Waals surface area contributed by atoms with Crippen molar-refractivity contribution in [3.63, 3.8) is 0 Å². The van der Waals surface area contributed by atoms with Gasteiger partial charge in [0.1, 0.15) is 18.1 Å². The van der Waals surface area contributed by atoms with Crippen molar-refractivity contribution in [2.75, 3.05) is 18.1 Å². The van der Waals surface area contributed by atoms with Crippen molar-refractivity contribution in [3.8, 4) is 0 Å². The number of imide groups is 1. The lowest BCUT2D eigenvalue weighted by atomic mass is 9.68. The molecule has 2 heterocycles. The van der Waals surface area contributed by atoms with Gasteiger partial charge < -0.3 is 24.2 Å². The molecule has 60 heavy (non-hydrogen) atoms. The van der Waals surface area contributed by atoms with Crippen LogP contribution in [0.5, 0.6) is 0 Å². The Balaban J connectivity index is 1.32. The Labute approximate surface area is 350 Å². The molecule has 2 amide bonds. The van der Waals surface area contributed by atoms with E-state index in [2.05, 4.69) is 45.0 Å². The number of carbonyl (C=O) groups is 2. The summed E-state index contributed by atoms with van der Waals surface area (Å²) >= 11 is 0. The molecule has 1 aliphatic heterocycles. The highest BCUT2D eigenvalue weighted by Crippen LogP contribution is 2.48. The quantitative estimate of drug-likeness (QED) is 0.0330. The van der Waals surface area contributed by atoms with Gasteiger partial charge in [0.2, 0.25) is 11.8 Å². The van der Waals surface area contributed by atoms with E-state index in [1.54, 1.807) is 12.1 Å². The number of hydrogen-bond donors (Lipinski definition) is 3. The van der Waals surface area contributed by atoms with E-state index in [1.165, 1.54) is 24.3 Å². The monoisotopic (exact) mass is 826 g/mol. The molecule has 0 unspecified atom stereocenters. The highest BCUT2D eigenvalue weighted by molar-refractivity contribution is 6.99. The largest absolute Gasteiger partial charge is 0.459 e. The number of hydrogen-bond acceptors (Lipinski definition) is 9. The fraction of sp³-hybridized carbons (Fsp3) is 0.292. The number of aliphatic hydroxyl groups excluding tert-OH is 3. The van der Waals surface area contributed by atoms with Crippen molar-refractivity contribution >= 4 is 53.5 Å². The van der Waals surface area contributed by atoms with Crippen LogP contribution < -0.4 is 15.3 Å². The second-order valence-electron chi connectivity index (χ2n) is 16.5. The van der Waals surface area contributed by atoms with Gasteiger partial charge in [-0.25, -0.2) is 4.90 Å². The molecule has 4 aromatic carbocycles. The van der Waals surface area contributed by atoms with Crippen LogP contribution in [0, 0.1) is 27.9 Å². The molecule has 11 nitrogen and oxygen atoms in total. The van der Waals surface area contributed by atoms with Crippen LogP contribution in [-0.2, 0) is 20.6 Å². The normalized spacial score (nSPS) is 19.1. The molecule has 12 heteroatoms. The maximum Gasteiger partial charge on any atom is 0.271 e. The number of nitro benzene ring substituents is 1. The summed E-state index contributed by atoms with van der Waals surface area (Å²) in [5, 5.41) is 46.7. The minimum Gasteiger partial charge on any atom is -0.459 e. The molecular weight excluding hydrogens is 777 g/mol. The Morgan fingerprint density at radius 2 is 1.53 bits per heavy atom. The van der Waals surface area contributed by atoms with Crippen LogP contribution in [0.25, 0.3) is 11.6 Å². The smallest absolute Gasteiger partial charge is 0.271 e. The molecule has 1 aliphatic carbocycles. The highest BCUT2D eigenvalue weighted by Gasteiger charge is 2.56. The standard InChI is InChI=1S/C48H50N2O9Si/c1-48(2,3)60(39-18-9-5-10-19-39,40-20-11-6-12-21-40)58-31-34-27-41-45(47(55)49(46(41)54)35-16-13-17-36(28-35)50(56)57)42(30-52)44(34)43(53)25-22-33(32-14-7-4-8-15-32)26-37-23-24-38(29-51)59-37/h4-21,23-24,26,28,41-43,45,51-53H,22,25,27,29-31H2,1-3H3/b33-26-/t41-,42+,43-,45-/m1/s1. The number of furan rings is 1. The molecule has 310 valence electrons. The number of carbonyl (C=O) groups excluding carboxylic acids is 2. The average molecular weight is 827 g/mol. The van der Waals surface area contributed by atoms with E-state index in [1.807, 2.05) is 72.8 Å². The first-order valence-corrected chi connectivity index (χ1v) is 22.1. The molecule has 0 spiro atoms. The van der Waals surface area contributed by atoms with Crippen LogP contribution in [0.15, 0.2) is 143 Å². The molecule has 0 saturated carbocycles. The van der Waals surface area contributed by atoms with Gasteiger partial charge in [0.05, 0.1) is 41.8 Å². The summed E-state index contributed by atoms with van der Waals surface area (Å²) in [5.41, 5.74) is 2.69. The molecule has 3 N–H and O–H groups in total. The van der Waals surface area contributed by atoms with E-state index in [0.717, 1.165) is 26.4 Å². The zero-order chi connectivity index (χ0) is 42.6. The first-order chi connectivity index (χ1) is 28.9. The van der Waals surface area contributed by atoms with E-state index in [-0.39, 0.29) is 37.4 Å². The van der Waals surface area contributed by atoms with Crippen molar-refractivity contribution in [1.29, 1.82) is 0 Å². The maximum absolute atomic E-state index is 14.4. The molecule has 5 aromatic rings. The number of nitrogens with zero attached hydrogens (tertiary/aromatic N) is 2. The molecule has 1 fully saturated rings. The van der Waals surface area contributed by atoms with E-state index in [9.17, 15) is 35.0 Å². The summed E-state index contributed by atoms with van der Waals surface area (Å²) in [6.45, 7) is 5.72. The second-order valence-corrected chi connectivity index (χ2v) is 20.8. The summed E-state index contributed by atoms with van der Waals surface area (Å²) in [4.78, 5) is 41.0. The molecule has 4 atom stereocenters. The first-order valence-electron chi connectivity index (χ1n) is 20.2. The van der Waals surface area contributed by atoms with Crippen molar-refractivity contribution in [2.45, 2.75) is 57.8 Å². The van der Waals surface area contributed by atoms with Crippen molar-refractivity contribution in [2.24, 2.45) is 17.8 Å². The predicted octanol–water partition coefficient (Wildman–Crippen LogP) is 7.05. The first kappa shape index (κ1) is 42.4. The van der Waals surface area contributed by atoms with Crippen LogP contribution in [0.2, 0.25) is 5.04 Å². The van der Waals surface area contributed by atoms with Gasteiger partial charge in [-0.1, -0.05) is 118 Å². The van der Waals surface area contributed by atoms with E-state index < -0.39 is 60.6 Å². The predicted molar refractivity (Wildman–Crippen MR) is 233 cm³/mol. The van der Waals surface area contributed by atoms with E-state index in [0.29, 0.717) is 29.1 Å². The highest BCUT2D eigenvalue weighted by atomic mass is 28.4. The molecule has 2 aliphatic rings. The molecule has 7 rings (SSSR count). The van der Waals surface area contributed by atoms with Crippen LogP contribution >= 0.6 is 0 Å². The van der Waals surface area contributed by atoms with Crippen LogP contribution in [-0.4, -0.2) is 59.7 Å². The zero-order valence-electron chi connectivity index (χ0n) is 33.9. The Morgan fingerprint density at radius 3 is 2.10 bits per heavy atom. The minimum atomic E-state index is -3.14. The topological polar surface area (TPSA) is 164 Å². The lowest BCUT2D eigenvalue weighted by Gasteiger charge is -2.44. The van der Waals surface area contributed by atoms with Gasteiger partial charge >= 0.3 is 0 Å². The number of anilines is 1. The number of rotatable bonds is 15. The van der Waals surface area contributed by atoms with Crippen molar-refractivity contribution in [3.05, 3.63) is 166 Å². The summed E-state index contributed by atoms with van der Waals surface area (Å²) in [6, 6.07) is 38.8. The third kappa shape index (κ3) is 8.21. The molecule has 1 saturated heterocycles. The van der Waals surface area contributed by atoms with Gasteiger partial charge in [-0.15, -0.1) is 0 Å². The summed E-state index contributed by atoms with van der Waals surface area (Å²) < 4.78 is 13.2. The number of benzene rings is 4. The van der Waals surface area contributed by atoms with Gasteiger partial charge in [-0.05, 0) is 81.2 Å². The fourth-order valence-corrected chi connectivity index (χ4v) is 13.7. The Hall–Kier alpha value is -5.76. The van der Waals surface area contributed by atoms with Crippen LogP contribution in [0.3, 0.4) is 0 Å². The van der Waals surface area contributed by atoms with Gasteiger partial charge in [0, 0.05) is 18.1 Å². The Bertz CT molecular complexity index is 2350. The molecular formula is C48H50N2O9Si. The maximum atomic E-state index is 14.4. The molecule has 1 aromatic heterocycles. The summed E-state index contributed by atoms with van der Waals surface area (Å²) in [7, 11) is -3.14. The average Bonchev–Trinajstić information content (AvgIpc) is 3.82. The van der Waals surface area contributed by atoms with E-state index in [4.69, 9.17) is 8.84 Å². The number of allylic oxidation sites excluding steroid dienone is 1. The molecule has 0 bridgehead atoms. The summed E-state index contributed by atoms with van der Waals surface area (Å²) in [6.07, 6.45) is 1.36. The van der Waals surface area contributed by atoms with Gasteiger partial charge in [-0.3, -0.25) is 19.7 Å². The van der Waals surface area contributed by atoms with Crippen LogP contribution in [0.1, 0.15) is 57.1 Å². The lowest BCUT2D eigenvalue weighted by Crippen LogP contribution is -2.66. The van der Waals surface area contributed by atoms with Crippen LogP contribution in [0.4, 0.5) is 11.4 Å². The third-order valence-corrected chi connectivity index (χ3v) is 16.9. The number of nitro groups is 1. The fourth-order valence-electron chi connectivity index (χ4n) is 9.18. The van der Waals surface area contributed by atoms with Gasteiger partial charge in [-0.2, -0.15) is 0 Å². The van der Waals surface area contributed by atoms with Gasteiger partial charge in [0.25, 0.3) is 14.0 Å². The van der Waals surface area contributed by atoms with Crippen molar-refractivity contribution in [1.82, 2.24) is 0 Å². The van der Waals surface area contributed by atoms with Crippen molar-refractivity contribution < 1.29 is 38.7 Å². The Kier molecular flexibility index (Phi) is 12.6. The Morgan fingerprint density at radius 1 is 0.900 bits per heavy atom. The third-order valence-electron chi connectivity index (χ3n) is 11.9. The molecule has 0 radical (unpaired) electrons. The summed E-state index contributed by atoms with van der Waals surface area (Å²) in [5.74, 6) is -3.01. The zero-order valence-corrected chi connectivity index (χ0v) is 34.9. The van der Waals surface area contributed by atoms with Gasteiger partial charge in [0.15, 0.2) is 0 Å². The SMILES string of the molecule is CC(C)(C)[Si](OCC1=C([C@H](O)CC/C(=C/c2ccc(CO)o2)c2ccccc2)[C@H](CO)[C@@H]2C(=O)N(c3cccc([N+](=O)[O-])c3)C(=O)[C@@H]2C1)(c1ccccc1)c1ccccc1. The number of aliphatic hydroxyl groups is 3. The lowest BCUT2D eigenvalue weighted by molar-refractivity contribution is -0.384. The van der Waals surface area contributed by atoms with E-state index >= 15 is 0 Å². The number of amides is 2. The number of fused-ring (bicyclic) bond motifs is 1. The number of non-ortho nitro benzene ring substituents is 1. The second kappa shape index (κ2) is 17.8. The minimum absolute atomic E-state index is 0.0232.